The maximum Gasteiger partial charge on any atom is 0.632 e. The van der Waals surface area contributed by atoms with Gasteiger partial charge in [-0.15, -0.1) is 0 Å². The summed E-state index contributed by atoms with van der Waals surface area (Å²) in [7, 11) is -0.507. The largest absolute Gasteiger partial charge is 0.632 e. The quantitative estimate of drug-likeness (QED) is 0.634. The predicted molar refractivity (Wildman–Crippen MR) is 96.6 cm³/mol. The van der Waals surface area contributed by atoms with Crippen molar-refractivity contribution >= 4 is 18.7 Å². The molecular formula is C18H24BNO5. The Hall–Kier alpha value is -2.57. The van der Waals surface area contributed by atoms with Crippen LogP contribution in [0.1, 0.15) is 27.2 Å². The minimum Gasteiger partial charge on any atom is -0.520 e. The van der Waals surface area contributed by atoms with Crippen molar-refractivity contribution in [2.45, 2.75) is 32.8 Å². The van der Waals surface area contributed by atoms with Crippen LogP contribution >= 0.6 is 0 Å². The standard InChI is InChI=1S/C18H24BNO5/c1-13-14(2)25-19(24-13)15-7-9-16(10-8-15)22-12-6-11-20-17(21)23-18(3,4)5/h7-10H,1-2,6,11-12H2,3-5H3,(H,20,21). The molecule has 6 nitrogen and oxygen atoms in total. The van der Waals surface area contributed by atoms with Gasteiger partial charge in [-0.2, -0.15) is 0 Å². The highest BCUT2D eigenvalue weighted by Crippen LogP contribution is 2.20. The summed E-state index contributed by atoms with van der Waals surface area (Å²) in [5, 5.41) is 2.69. The van der Waals surface area contributed by atoms with Crippen LogP contribution < -0.4 is 15.5 Å². The van der Waals surface area contributed by atoms with E-state index in [-0.39, 0.29) is 0 Å². The van der Waals surface area contributed by atoms with Crippen molar-refractivity contribution < 1.29 is 23.6 Å². The number of hydrogen-bond acceptors (Lipinski definition) is 5. The van der Waals surface area contributed by atoms with Gasteiger partial charge in [0, 0.05) is 12.0 Å². The molecule has 1 N–H and O–H groups in total. The lowest BCUT2D eigenvalue weighted by atomic mass is 9.79. The maximum absolute atomic E-state index is 11.5. The van der Waals surface area contributed by atoms with Crippen LogP contribution in [0.4, 0.5) is 4.79 Å². The summed E-state index contributed by atoms with van der Waals surface area (Å²) in [4.78, 5) is 11.5. The molecule has 7 heteroatoms. The second-order valence-corrected chi connectivity index (χ2v) is 6.61. The summed E-state index contributed by atoms with van der Waals surface area (Å²) in [6, 6.07) is 7.41. The zero-order valence-electron chi connectivity index (χ0n) is 15.0. The molecule has 1 aliphatic rings. The molecule has 1 aromatic carbocycles. The molecule has 2 rings (SSSR count). The molecule has 0 radical (unpaired) electrons. The number of alkyl carbamates (subject to hydrolysis) is 1. The molecule has 0 bridgehead atoms. The molecule has 0 unspecified atom stereocenters. The molecule has 0 saturated carbocycles. The van der Waals surface area contributed by atoms with Crippen LogP contribution in [0.5, 0.6) is 5.75 Å². The van der Waals surface area contributed by atoms with Crippen molar-refractivity contribution in [3.63, 3.8) is 0 Å². The topological polar surface area (TPSA) is 66.0 Å². The zero-order valence-corrected chi connectivity index (χ0v) is 15.0. The first-order valence-electron chi connectivity index (χ1n) is 8.16. The van der Waals surface area contributed by atoms with Gasteiger partial charge in [-0.05, 0) is 39.3 Å². The van der Waals surface area contributed by atoms with E-state index in [9.17, 15) is 4.79 Å². The molecule has 0 aliphatic carbocycles. The fourth-order valence-corrected chi connectivity index (χ4v) is 2.04. The fourth-order valence-electron chi connectivity index (χ4n) is 2.04. The Balaban J connectivity index is 1.68. The van der Waals surface area contributed by atoms with Crippen molar-refractivity contribution in [3.8, 4) is 5.75 Å². The van der Waals surface area contributed by atoms with E-state index in [0.717, 1.165) is 11.2 Å². The van der Waals surface area contributed by atoms with Gasteiger partial charge in [0.1, 0.15) is 22.9 Å². The average molecular weight is 345 g/mol. The number of amides is 1. The van der Waals surface area contributed by atoms with Gasteiger partial charge in [0.05, 0.1) is 6.61 Å². The van der Waals surface area contributed by atoms with Crippen molar-refractivity contribution in [1.29, 1.82) is 0 Å². The minimum absolute atomic E-state index is 0.420. The molecule has 0 aromatic heterocycles. The van der Waals surface area contributed by atoms with E-state index in [1.807, 2.05) is 45.0 Å². The zero-order chi connectivity index (χ0) is 18.4. The number of ether oxygens (including phenoxy) is 2. The van der Waals surface area contributed by atoms with Gasteiger partial charge in [-0.25, -0.2) is 4.79 Å². The van der Waals surface area contributed by atoms with E-state index >= 15 is 0 Å². The highest BCUT2D eigenvalue weighted by atomic mass is 16.6. The molecule has 1 amide bonds. The summed E-state index contributed by atoms with van der Waals surface area (Å²) < 4.78 is 21.7. The van der Waals surface area contributed by atoms with E-state index < -0.39 is 18.8 Å². The molecule has 0 atom stereocenters. The third-order valence-electron chi connectivity index (χ3n) is 3.22. The highest BCUT2D eigenvalue weighted by molar-refractivity contribution is 6.62. The Morgan fingerprint density at radius 2 is 1.76 bits per heavy atom. The van der Waals surface area contributed by atoms with Crippen LogP contribution in [0.2, 0.25) is 0 Å². The number of benzene rings is 1. The lowest BCUT2D eigenvalue weighted by molar-refractivity contribution is 0.0525. The van der Waals surface area contributed by atoms with Crippen LogP contribution in [-0.2, 0) is 14.0 Å². The smallest absolute Gasteiger partial charge is 0.520 e. The van der Waals surface area contributed by atoms with E-state index in [2.05, 4.69) is 18.5 Å². The van der Waals surface area contributed by atoms with Crippen molar-refractivity contribution in [1.82, 2.24) is 5.32 Å². The Morgan fingerprint density at radius 3 is 2.32 bits per heavy atom. The number of rotatable bonds is 6. The van der Waals surface area contributed by atoms with Crippen LogP contribution in [0.15, 0.2) is 48.9 Å². The van der Waals surface area contributed by atoms with Crippen LogP contribution in [0.3, 0.4) is 0 Å². The molecule has 25 heavy (non-hydrogen) atoms. The minimum atomic E-state index is -0.507. The molecular weight excluding hydrogens is 321 g/mol. The van der Waals surface area contributed by atoms with E-state index in [0.29, 0.717) is 31.1 Å². The van der Waals surface area contributed by atoms with Gasteiger partial charge in [0.2, 0.25) is 0 Å². The van der Waals surface area contributed by atoms with Crippen LogP contribution in [0.25, 0.3) is 0 Å². The summed E-state index contributed by atoms with van der Waals surface area (Å²) in [6.07, 6.45) is 0.256. The van der Waals surface area contributed by atoms with Gasteiger partial charge < -0.3 is 24.1 Å². The third-order valence-corrected chi connectivity index (χ3v) is 3.22. The lowest BCUT2D eigenvalue weighted by Gasteiger charge is -2.19. The Bertz CT molecular complexity index is 620. The second kappa shape index (κ2) is 8.01. The fraction of sp³-hybridized carbons (Fsp3) is 0.389. The molecule has 1 heterocycles. The SMILES string of the molecule is C=C1OB(c2ccc(OCCCNC(=O)OC(C)(C)C)cc2)OC1=C. The number of hydrogen-bond donors (Lipinski definition) is 1. The maximum atomic E-state index is 11.5. The summed E-state index contributed by atoms with van der Waals surface area (Å²) in [5.74, 6) is 1.63. The van der Waals surface area contributed by atoms with E-state index in [1.54, 1.807) is 0 Å². The summed E-state index contributed by atoms with van der Waals surface area (Å²) in [5.41, 5.74) is 0.368. The van der Waals surface area contributed by atoms with Crippen molar-refractivity contribution in [3.05, 3.63) is 48.9 Å². The molecule has 1 fully saturated rings. The Kier molecular flexibility index (Phi) is 6.01. The third kappa shape index (κ3) is 6.10. The normalized spacial score (nSPS) is 14.0. The van der Waals surface area contributed by atoms with Gasteiger partial charge >= 0.3 is 13.2 Å². The van der Waals surface area contributed by atoms with Crippen molar-refractivity contribution in [2.75, 3.05) is 13.2 Å². The molecule has 134 valence electrons. The Morgan fingerprint density at radius 1 is 1.16 bits per heavy atom. The number of carbonyl (C=O) groups is 1. The first kappa shape index (κ1) is 18.8. The molecule has 1 aliphatic heterocycles. The Labute approximate surface area is 148 Å². The van der Waals surface area contributed by atoms with Gasteiger partial charge in [0.15, 0.2) is 0 Å². The van der Waals surface area contributed by atoms with Gasteiger partial charge in [-0.1, -0.05) is 25.3 Å². The lowest BCUT2D eigenvalue weighted by Crippen LogP contribution is -2.33. The van der Waals surface area contributed by atoms with Crippen LogP contribution in [0, 0.1) is 0 Å². The highest BCUT2D eigenvalue weighted by Gasteiger charge is 2.34. The molecule has 0 spiro atoms. The summed E-state index contributed by atoms with van der Waals surface area (Å²) >= 11 is 0. The predicted octanol–water partition coefficient (Wildman–Crippen LogP) is 2.75. The second-order valence-electron chi connectivity index (χ2n) is 6.61. The molecule has 1 saturated heterocycles. The van der Waals surface area contributed by atoms with Gasteiger partial charge in [-0.3, -0.25) is 0 Å². The van der Waals surface area contributed by atoms with E-state index in [1.165, 1.54) is 0 Å². The first-order chi connectivity index (χ1) is 11.7. The molecule has 1 aromatic rings. The first-order valence-corrected chi connectivity index (χ1v) is 8.16. The van der Waals surface area contributed by atoms with Gasteiger partial charge in [0.25, 0.3) is 0 Å². The average Bonchev–Trinajstić information content (AvgIpc) is 2.85. The number of carbonyl (C=O) groups excluding carboxylic acids is 1. The number of nitrogens with one attached hydrogen (secondary N) is 1. The summed E-state index contributed by atoms with van der Waals surface area (Å²) in [6.45, 7) is 13.9. The van der Waals surface area contributed by atoms with E-state index in [4.69, 9.17) is 18.8 Å². The monoisotopic (exact) mass is 345 g/mol. The van der Waals surface area contributed by atoms with Crippen molar-refractivity contribution in [2.24, 2.45) is 0 Å². The van der Waals surface area contributed by atoms with Crippen LogP contribution in [-0.4, -0.2) is 32.0 Å².